The Labute approximate surface area is 81.2 Å². The predicted octanol–water partition coefficient (Wildman–Crippen LogP) is 0.152. The van der Waals surface area contributed by atoms with E-state index in [2.05, 4.69) is 27.5 Å². The maximum Gasteiger partial charge on any atom is 0.152 e. The topological polar surface area (TPSA) is 37.4 Å². The summed E-state index contributed by atoms with van der Waals surface area (Å²) in [6.45, 7) is 2.48. The first-order valence-electron chi connectivity index (χ1n) is 3.63. The maximum absolute atomic E-state index is 11.0. The molecule has 0 bridgehead atoms. The van der Waals surface area contributed by atoms with Crippen LogP contribution in [0.15, 0.2) is 0 Å². The van der Waals surface area contributed by atoms with E-state index in [9.17, 15) is 8.42 Å². The summed E-state index contributed by atoms with van der Waals surface area (Å²) in [5, 5.41) is 0. The van der Waals surface area contributed by atoms with Crippen molar-refractivity contribution in [2.45, 2.75) is 0 Å². The van der Waals surface area contributed by atoms with E-state index >= 15 is 0 Å². The first-order valence-corrected chi connectivity index (χ1v) is 6.97. The Balaban J connectivity index is 2.36. The summed E-state index contributed by atoms with van der Waals surface area (Å²) in [6.07, 6.45) is 0. The number of hydrogen-bond acceptors (Lipinski definition) is 3. The molecule has 0 aromatic heterocycles. The fourth-order valence-electron chi connectivity index (χ4n) is 1.09. The Kier molecular flexibility index (Phi) is 3.57. The Morgan fingerprint density at radius 2 is 1.82 bits per heavy atom. The van der Waals surface area contributed by atoms with Crippen molar-refractivity contribution < 1.29 is 8.42 Å². The molecule has 0 atom stereocenters. The average molecular weight is 289 g/mol. The predicted molar refractivity (Wildman–Crippen MR) is 54.0 cm³/mol. The Morgan fingerprint density at radius 3 is 2.27 bits per heavy atom. The molecule has 1 heterocycles. The third kappa shape index (κ3) is 3.25. The van der Waals surface area contributed by atoms with Gasteiger partial charge in [0.05, 0.1) is 11.5 Å². The highest BCUT2D eigenvalue weighted by molar-refractivity contribution is 14.1. The number of alkyl halides is 1. The minimum Gasteiger partial charge on any atom is -0.301 e. The Hall–Kier alpha value is 0.640. The molecule has 0 amide bonds. The summed E-state index contributed by atoms with van der Waals surface area (Å²) in [5.41, 5.74) is 0. The zero-order valence-corrected chi connectivity index (χ0v) is 9.27. The second-order valence-corrected chi connectivity index (χ2v) is 6.06. The number of nitrogens with zero attached hydrogens (tertiary/aromatic N) is 1. The normalized spacial score (nSPS) is 25.2. The van der Waals surface area contributed by atoms with Crippen molar-refractivity contribution in [2.75, 3.05) is 35.6 Å². The average Bonchev–Trinajstić information content (AvgIpc) is 1.94. The van der Waals surface area contributed by atoms with E-state index in [1.54, 1.807) is 0 Å². The monoisotopic (exact) mass is 289 g/mol. The van der Waals surface area contributed by atoms with Crippen LogP contribution >= 0.6 is 22.6 Å². The van der Waals surface area contributed by atoms with Gasteiger partial charge in [0.15, 0.2) is 9.84 Å². The van der Waals surface area contributed by atoms with Crippen LogP contribution in [0.2, 0.25) is 0 Å². The highest BCUT2D eigenvalue weighted by Gasteiger charge is 2.20. The number of sulfone groups is 1. The number of hydrogen-bond donors (Lipinski definition) is 0. The van der Waals surface area contributed by atoms with E-state index in [1.165, 1.54) is 0 Å². The summed E-state index contributed by atoms with van der Waals surface area (Å²) in [7, 11) is -2.68. The van der Waals surface area contributed by atoms with Crippen molar-refractivity contribution in [1.29, 1.82) is 0 Å². The van der Waals surface area contributed by atoms with Crippen molar-refractivity contribution in [2.24, 2.45) is 0 Å². The van der Waals surface area contributed by atoms with Crippen LogP contribution in [0.3, 0.4) is 0 Å². The fourth-order valence-corrected chi connectivity index (χ4v) is 3.05. The summed E-state index contributed by atoms with van der Waals surface area (Å²) < 4.78 is 23.0. The molecule has 0 saturated carbocycles. The highest BCUT2D eigenvalue weighted by Crippen LogP contribution is 2.03. The van der Waals surface area contributed by atoms with Gasteiger partial charge in [-0.1, -0.05) is 22.6 Å². The van der Waals surface area contributed by atoms with Gasteiger partial charge >= 0.3 is 0 Å². The van der Waals surface area contributed by atoms with Crippen LogP contribution in [0.1, 0.15) is 0 Å². The van der Waals surface area contributed by atoms with Crippen LogP contribution in [0, 0.1) is 0 Å². The third-order valence-corrected chi connectivity index (χ3v) is 3.93. The van der Waals surface area contributed by atoms with E-state index in [0.717, 1.165) is 24.1 Å². The van der Waals surface area contributed by atoms with Gasteiger partial charge in [0.25, 0.3) is 0 Å². The van der Waals surface area contributed by atoms with Crippen molar-refractivity contribution in [3.63, 3.8) is 0 Å². The molecule has 0 radical (unpaired) electrons. The van der Waals surface area contributed by atoms with Gasteiger partial charge in [-0.05, 0) is 0 Å². The minimum absolute atomic E-state index is 0.351. The lowest BCUT2D eigenvalue weighted by Gasteiger charge is -2.25. The molecule has 0 spiro atoms. The molecule has 66 valence electrons. The first kappa shape index (κ1) is 9.73. The molecule has 0 aromatic carbocycles. The first-order chi connectivity index (χ1) is 5.14. The quantitative estimate of drug-likeness (QED) is 0.536. The summed E-state index contributed by atoms with van der Waals surface area (Å²) in [5.74, 6) is 0.702. The van der Waals surface area contributed by atoms with Crippen molar-refractivity contribution in [1.82, 2.24) is 4.90 Å². The molecule has 3 nitrogen and oxygen atoms in total. The van der Waals surface area contributed by atoms with Crippen LogP contribution in [0.5, 0.6) is 0 Å². The molecule has 11 heavy (non-hydrogen) atoms. The molecule has 1 aliphatic rings. The van der Waals surface area contributed by atoms with Gasteiger partial charge < -0.3 is 4.90 Å². The van der Waals surface area contributed by atoms with Gasteiger partial charge in [-0.2, -0.15) is 0 Å². The standard InChI is InChI=1S/C6H12INO2S/c7-1-2-8-3-5-11(9,10)6-4-8/h1-6H2. The van der Waals surface area contributed by atoms with Crippen LogP contribution in [0.25, 0.3) is 0 Å². The van der Waals surface area contributed by atoms with Crippen LogP contribution < -0.4 is 0 Å². The molecule has 1 fully saturated rings. The zero-order valence-electron chi connectivity index (χ0n) is 6.29. The van der Waals surface area contributed by atoms with Crippen molar-refractivity contribution >= 4 is 32.4 Å². The van der Waals surface area contributed by atoms with E-state index in [4.69, 9.17) is 0 Å². The zero-order chi connectivity index (χ0) is 8.32. The maximum atomic E-state index is 11.0. The molecule has 0 unspecified atom stereocenters. The van der Waals surface area contributed by atoms with Gasteiger partial charge in [0.1, 0.15) is 0 Å². The lowest BCUT2D eigenvalue weighted by Crippen LogP contribution is -2.40. The van der Waals surface area contributed by atoms with Crippen molar-refractivity contribution in [3.8, 4) is 0 Å². The van der Waals surface area contributed by atoms with E-state index < -0.39 is 9.84 Å². The largest absolute Gasteiger partial charge is 0.301 e. The Bertz CT molecular complexity index is 201. The molecule has 0 N–H and O–H groups in total. The summed E-state index contributed by atoms with van der Waals surface area (Å²) in [4.78, 5) is 2.20. The van der Waals surface area contributed by atoms with Crippen LogP contribution in [-0.4, -0.2) is 48.9 Å². The summed E-state index contributed by atoms with van der Waals surface area (Å²) in [6, 6.07) is 0. The molecular weight excluding hydrogens is 277 g/mol. The molecule has 5 heteroatoms. The molecule has 0 aliphatic carbocycles. The van der Waals surface area contributed by atoms with E-state index in [-0.39, 0.29) is 0 Å². The number of rotatable bonds is 2. The van der Waals surface area contributed by atoms with Gasteiger partial charge in [-0.15, -0.1) is 0 Å². The summed E-state index contributed by atoms with van der Waals surface area (Å²) >= 11 is 2.31. The SMILES string of the molecule is O=S1(=O)CCN(CCI)CC1. The molecule has 1 rings (SSSR count). The fraction of sp³-hybridized carbons (Fsp3) is 1.00. The second kappa shape index (κ2) is 4.04. The van der Waals surface area contributed by atoms with Crippen molar-refractivity contribution in [3.05, 3.63) is 0 Å². The lowest BCUT2D eigenvalue weighted by molar-refractivity contribution is 0.316. The lowest BCUT2D eigenvalue weighted by atomic mass is 10.5. The molecule has 0 aromatic rings. The van der Waals surface area contributed by atoms with Crippen LogP contribution in [0.4, 0.5) is 0 Å². The van der Waals surface area contributed by atoms with Gasteiger partial charge in [0, 0.05) is 24.1 Å². The molecule has 1 saturated heterocycles. The highest BCUT2D eigenvalue weighted by atomic mass is 127. The van der Waals surface area contributed by atoms with E-state index in [0.29, 0.717) is 11.5 Å². The van der Waals surface area contributed by atoms with Crippen LogP contribution in [-0.2, 0) is 9.84 Å². The minimum atomic E-state index is -2.68. The number of halogens is 1. The van der Waals surface area contributed by atoms with Gasteiger partial charge in [-0.3, -0.25) is 0 Å². The molecular formula is C6H12INO2S. The van der Waals surface area contributed by atoms with Gasteiger partial charge in [-0.25, -0.2) is 8.42 Å². The van der Waals surface area contributed by atoms with Gasteiger partial charge in [0.2, 0.25) is 0 Å². The smallest absolute Gasteiger partial charge is 0.152 e. The molecule has 1 aliphatic heterocycles. The van der Waals surface area contributed by atoms with E-state index in [1.807, 2.05) is 0 Å². The third-order valence-electron chi connectivity index (χ3n) is 1.84. The Morgan fingerprint density at radius 1 is 1.27 bits per heavy atom. The second-order valence-electron chi connectivity index (χ2n) is 2.68.